The van der Waals surface area contributed by atoms with E-state index in [9.17, 15) is 9.59 Å². The SMILES string of the molecule is Cc1ccc(C)c(N2CC(C(=O)NCCCOC(C)C)CC2=O)c1. The Kier molecular flexibility index (Phi) is 6.37. The third kappa shape index (κ3) is 4.81. The summed E-state index contributed by atoms with van der Waals surface area (Å²) in [5.41, 5.74) is 3.09. The number of ether oxygens (including phenoxy) is 1. The lowest BCUT2D eigenvalue weighted by molar-refractivity contribution is -0.126. The Hall–Kier alpha value is -1.88. The maximum absolute atomic E-state index is 12.3. The number of carbonyl (C=O) groups is 2. The summed E-state index contributed by atoms with van der Waals surface area (Å²) in [6.45, 7) is 9.65. The lowest BCUT2D eigenvalue weighted by Crippen LogP contribution is -2.34. The van der Waals surface area contributed by atoms with Crippen LogP contribution in [-0.4, -0.2) is 37.6 Å². The summed E-state index contributed by atoms with van der Waals surface area (Å²) in [6.07, 6.45) is 1.27. The minimum atomic E-state index is -0.275. The molecule has 0 radical (unpaired) electrons. The zero-order valence-electron chi connectivity index (χ0n) is 15.1. The molecule has 5 heteroatoms. The highest BCUT2D eigenvalue weighted by Gasteiger charge is 2.35. The molecule has 0 spiro atoms. The second-order valence-corrected chi connectivity index (χ2v) is 6.76. The predicted molar refractivity (Wildman–Crippen MR) is 95.1 cm³/mol. The summed E-state index contributed by atoms with van der Waals surface area (Å²) in [5.74, 6) is -0.295. The van der Waals surface area contributed by atoms with Crippen LogP contribution in [0, 0.1) is 19.8 Å². The molecular weight excluding hydrogens is 304 g/mol. The maximum atomic E-state index is 12.3. The van der Waals surface area contributed by atoms with Gasteiger partial charge in [0, 0.05) is 31.8 Å². The van der Waals surface area contributed by atoms with Crippen LogP contribution >= 0.6 is 0 Å². The Morgan fingerprint density at radius 1 is 1.38 bits per heavy atom. The summed E-state index contributed by atoms with van der Waals surface area (Å²) in [7, 11) is 0. The normalized spacial score (nSPS) is 17.6. The molecule has 1 saturated heterocycles. The van der Waals surface area contributed by atoms with E-state index in [0.29, 0.717) is 19.7 Å². The van der Waals surface area contributed by atoms with Crippen molar-refractivity contribution in [1.82, 2.24) is 5.32 Å². The maximum Gasteiger partial charge on any atom is 0.227 e. The number of rotatable bonds is 7. The molecule has 1 heterocycles. The molecule has 1 aliphatic heterocycles. The predicted octanol–water partition coefficient (Wildman–Crippen LogP) is 2.59. The van der Waals surface area contributed by atoms with Crippen LogP contribution in [0.5, 0.6) is 0 Å². The Bertz CT molecular complexity index is 598. The number of nitrogens with zero attached hydrogens (tertiary/aromatic N) is 1. The monoisotopic (exact) mass is 332 g/mol. The summed E-state index contributed by atoms with van der Waals surface area (Å²) < 4.78 is 5.45. The van der Waals surface area contributed by atoms with E-state index in [2.05, 4.69) is 5.32 Å². The van der Waals surface area contributed by atoms with Crippen molar-refractivity contribution in [1.29, 1.82) is 0 Å². The fourth-order valence-electron chi connectivity index (χ4n) is 2.87. The fraction of sp³-hybridized carbons (Fsp3) is 0.579. The van der Waals surface area contributed by atoms with E-state index in [0.717, 1.165) is 23.2 Å². The molecule has 1 atom stereocenters. The van der Waals surface area contributed by atoms with E-state index in [1.54, 1.807) is 4.90 Å². The molecule has 2 rings (SSSR count). The minimum absolute atomic E-state index is 0.0204. The summed E-state index contributed by atoms with van der Waals surface area (Å²) >= 11 is 0. The van der Waals surface area contributed by atoms with Crippen LogP contribution in [0.1, 0.15) is 37.8 Å². The first-order valence-corrected chi connectivity index (χ1v) is 8.65. The Morgan fingerprint density at radius 3 is 2.83 bits per heavy atom. The highest BCUT2D eigenvalue weighted by molar-refractivity contribution is 6.00. The number of benzene rings is 1. The number of nitrogens with one attached hydrogen (secondary N) is 1. The molecule has 132 valence electrons. The van der Waals surface area contributed by atoms with E-state index in [1.165, 1.54) is 0 Å². The van der Waals surface area contributed by atoms with E-state index < -0.39 is 0 Å². The number of carbonyl (C=O) groups excluding carboxylic acids is 2. The molecule has 1 fully saturated rings. The van der Waals surface area contributed by atoms with Gasteiger partial charge in [-0.2, -0.15) is 0 Å². The van der Waals surface area contributed by atoms with Crippen molar-refractivity contribution in [2.75, 3.05) is 24.6 Å². The first kappa shape index (κ1) is 18.5. The van der Waals surface area contributed by atoms with Gasteiger partial charge in [0.15, 0.2) is 0 Å². The Labute approximate surface area is 144 Å². The summed E-state index contributed by atoms with van der Waals surface area (Å²) in [5, 5.41) is 2.92. The average molecular weight is 332 g/mol. The van der Waals surface area contributed by atoms with Gasteiger partial charge in [0.2, 0.25) is 11.8 Å². The number of hydrogen-bond donors (Lipinski definition) is 1. The van der Waals surface area contributed by atoms with E-state index in [4.69, 9.17) is 4.74 Å². The van der Waals surface area contributed by atoms with Crippen LogP contribution < -0.4 is 10.2 Å². The van der Waals surface area contributed by atoms with Crippen molar-refractivity contribution in [3.05, 3.63) is 29.3 Å². The van der Waals surface area contributed by atoms with E-state index in [-0.39, 0.29) is 30.3 Å². The van der Waals surface area contributed by atoms with Gasteiger partial charge < -0.3 is 15.0 Å². The Morgan fingerprint density at radius 2 is 2.12 bits per heavy atom. The second-order valence-electron chi connectivity index (χ2n) is 6.76. The molecular formula is C19H28N2O3. The number of anilines is 1. The first-order valence-electron chi connectivity index (χ1n) is 8.65. The van der Waals surface area contributed by atoms with Gasteiger partial charge in [0.1, 0.15) is 0 Å². The van der Waals surface area contributed by atoms with Gasteiger partial charge in [-0.3, -0.25) is 9.59 Å². The van der Waals surface area contributed by atoms with Gasteiger partial charge in [-0.05, 0) is 51.3 Å². The standard InChI is InChI=1S/C19H28N2O3/c1-13(2)24-9-5-8-20-19(23)16-11-18(22)21(12-16)17-10-14(3)6-7-15(17)4/h6-7,10,13,16H,5,8-9,11-12H2,1-4H3,(H,20,23). The molecule has 0 aromatic heterocycles. The molecule has 1 aromatic carbocycles. The largest absolute Gasteiger partial charge is 0.379 e. The third-order valence-corrected chi connectivity index (χ3v) is 4.22. The van der Waals surface area contributed by atoms with Gasteiger partial charge in [0.05, 0.1) is 12.0 Å². The molecule has 0 aliphatic carbocycles. The minimum Gasteiger partial charge on any atom is -0.379 e. The van der Waals surface area contributed by atoms with Crippen LogP contribution in [0.25, 0.3) is 0 Å². The Balaban J connectivity index is 1.87. The summed E-state index contributed by atoms with van der Waals surface area (Å²) in [4.78, 5) is 26.4. The topological polar surface area (TPSA) is 58.6 Å². The van der Waals surface area contributed by atoms with Crippen LogP contribution in [-0.2, 0) is 14.3 Å². The van der Waals surface area contributed by atoms with Crippen LogP contribution in [0.4, 0.5) is 5.69 Å². The van der Waals surface area contributed by atoms with Crippen molar-refractivity contribution in [2.24, 2.45) is 5.92 Å². The van der Waals surface area contributed by atoms with E-state index in [1.807, 2.05) is 45.9 Å². The zero-order chi connectivity index (χ0) is 17.7. The molecule has 1 aromatic rings. The molecule has 2 amide bonds. The lowest BCUT2D eigenvalue weighted by Gasteiger charge is -2.19. The van der Waals surface area contributed by atoms with Gasteiger partial charge in [-0.1, -0.05) is 12.1 Å². The quantitative estimate of drug-likeness (QED) is 0.781. The second kappa shape index (κ2) is 8.29. The third-order valence-electron chi connectivity index (χ3n) is 4.22. The average Bonchev–Trinajstić information content (AvgIpc) is 2.90. The number of amides is 2. The van der Waals surface area contributed by atoms with Gasteiger partial charge in [-0.15, -0.1) is 0 Å². The van der Waals surface area contributed by atoms with Crippen molar-refractivity contribution < 1.29 is 14.3 Å². The van der Waals surface area contributed by atoms with Crippen molar-refractivity contribution in [3.8, 4) is 0 Å². The fourth-order valence-corrected chi connectivity index (χ4v) is 2.87. The number of hydrogen-bond acceptors (Lipinski definition) is 3. The highest BCUT2D eigenvalue weighted by Crippen LogP contribution is 2.28. The van der Waals surface area contributed by atoms with Crippen LogP contribution in [0.15, 0.2) is 18.2 Å². The highest BCUT2D eigenvalue weighted by atomic mass is 16.5. The molecule has 0 saturated carbocycles. The van der Waals surface area contributed by atoms with Crippen molar-refractivity contribution in [2.45, 2.75) is 46.6 Å². The smallest absolute Gasteiger partial charge is 0.227 e. The zero-order valence-corrected chi connectivity index (χ0v) is 15.1. The molecule has 1 unspecified atom stereocenters. The number of aryl methyl sites for hydroxylation is 2. The molecule has 0 bridgehead atoms. The summed E-state index contributed by atoms with van der Waals surface area (Å²) in [6, 6.07) is 6.06. The van der Waals surface area contributed by atoms with Gasteiger partial charge in [0.25, 0.3) is 0 Å². The van der Waals surface area contributed by atoms with Crippen LogP contribution in [0.2, 0.25) is 0 Å². The molecule has 24 heavy (non-hydrogen) atoms. The van der Waals surface area contributed by atoms with Crippen molar-refractivity contribution in [3.63, 3.8) is 0 Å². The first-order chi connectivity index (χ1) is 11.4. The van der Waals surface area contributed by atoms with Crippen LogP contribution in [0.3, 0.4) is 0 Å². The van der Waals surface area contributed by atoms with Gasteiger partial charge >= 0.3 is 0 Å². The molecule has 1 aliphatic rings. The van der Waals surface area contributed by atoms with E-state index >= 15 is 0 Å². The van der Waals surface area contributed by atoms with Crippen molar-refractivity contribution >= 4 is 17.5 Å². The molecule has 1 N–H and O–H groups in total. The van der Waals surface area contributed by atoms with Gasteiger partial charge in [-0.25, -0.2) is 0 Å². The lowest BCUT2D eigenvalue weighted by atomic mass is 10.1. The molecule has 5 nitrogen and oxygen atoms in total.